The summed E-state index contributed by atoms with van der Waals surface area (Å²) in [6.45, 7) is 0. The van der Waals surface area contributed by atoms with Crippen LogP contribution in [0.15, 0.2) is 53.4 Å². The first kappa shape index (κ1) is 21.5. The molecule has 0 aliphatic heterocycles. The summed E-state index contributed by atoms with van der Waals surface area (Å²) in [5.41, 5.74) is -3.10. The fourth-order valence-corrected chi connectivity index (χ4v) is 3.37. The van der Waals surface area contributed by atoms with Gasteiger partial charge in [-0.3, -0.25) is 4.98 Å². The highest BCUT2D eigenvalue weighted by Gasteiger charge is 2.42. The minimum absolute atomic E-state index is 0.0163. The van der Waals surface area contributed by atoms with Crippen molar-refractivity contribution in [3.05, 3.63) is 71.0 Å². The molecule has 0 N–H and O–H groups in total. The summed E-state index contributed by atoms with van der Waals surface area (Å²) >= 11 is 6.05. The molecule has 0 saturated heterocycles. The van der Waals surface area contributed by atoms with Crippen molar-refractivity contribution in [2.75, 3.05) is 7.11 Å². The molecule has 12 heteroatoms. The number of aromatic nitrogens is 4. The molecular weight excluding hydrogens is 456 g/mol. The van der Waals surface area contributed by atoms with E-state index in [-0.39, 0.29) is 16.3 Å². The van der Waals surface area contributed by atoms with E-state index in [4.69, 9.17) is 20.9 Å². The zero-order valence-corrected chi connectivity index (χ0v) is 16.8. The lowest BCUT2D eigenvalue weighted by molar-refractivity contribution is -0.142. The molecule has 0 saturated carbocycles. The van der Waals surface area contributed by atoms with Crippen molar-refractivity contribution >= 4 is 17.6 Å². The van der Waals surface area contributed by atoms with Gasteiger partial charge in [-0.2, -0.15) is 18.3 Å². The number of benzene rings is 1. The van der Waals surface area contributed by atoms with E-state index in [1.807, 2.05) is 0 Å². The predicted octanol–water partition coefficient (Wildman–Crippen LogP) is 5.19. The summed E-state index contributed by atoms with van der Waals surface area (Å²) in [5.74, 6) is -2.56. The smallest absolute Gasteiger partial charge is 0.434 e. The summed E-state index contributed by atoms with van der Waals surface area (Å²) in [7, 11) is 1.01. The van der Waals surface area contributed by atoms with E-state index in [1.54, 1.807) is 0 Å². The van der Waals surface area contributed by atoms with Crippen LogP contribution in [-0.4, -0.2) is 33.0 Å². The minimum Gasteiger partial charge on any atom is -0.465 e. The van der Waals surface area contributed by atoms with Gasteiger partial charge in [-0.1, -0.05) is 22.8 Å². The number of hydrogen-bond acceptors (Lipinski definition) is 6. The Balaban J connectivity index is 2.01. The first-order valence-electron chi connectivity index (χ1n) is 8.82. The molecule has 32 heavy (non-hydrogen) atoms. The fraction of sp³-hybridized carbons (Fsp3) is 0.100. The Morgan fingerprint density at radius 3 is 2.59 bits per heavy atom. The molecule has 0 aliphatic carbocycles. The van der Waals surface area contributed by atoms with Crippen LogP contribution >= 0.6 is 11.6 Å². The van der Waals surface area contributed by atoms with Crippen LogP contribution in [0.2, 0.25) is 5.02 Å². The maximum absolute atomic E-state index is 14.5. The largest absolute Gasteiger partial charge is 0.465 e. The van der Waals surface area contributed by atoms with E-state index in [2.05, 4.69) is 15.2 Å². The van der Waals surface area contributed by atoms with Crippen LogP contribution in [0.4, 0.5) is 17.6 Å². The average Bonchev–Trinajstić information content (AvgIpc) is 3.38. The van der Waals surface area contributed by atoms with E-state index < -0.39 is 46.2 Å². The Labute approximate surface area is 182 Å². The van der Waals surface area contributed by atoms with Crippen LogP contribution in [0.1, 0.15) is 16.1 Å². The van der Waals surface area contributed by atoms with E-state index in [0.717, 1.165) is 19.4 Å². The Bertz CT molecular complexity index is 1280. The van der Waals surface area contributed by atoms with Crippen molar-refractivity contribution in [3.63, 3.8) is 0 Å². The lowest BCUT2D eigenvalue weighted by atomic mass is 10.0. The summed E-state index contributed by atoms with van der Waals surface area (Å²) < 4.78 is 67.0. The third kappa shape index (κ3) is 3.60. The normalized spacial score (nSPS) is 11.6. The lowest BCUT2D eigenvalue weighted by Gasteiger charge is -2.12. The number of pyridine rings is 1. The number of carbonyl (C=O) groups excluding carboxylic acids is 1. The van der Waals surface area contributed by atoms with Crippen LogP contribution in [0, 0.1) is 5.82 Å². The van der Waals surface area contributed by atoms with E-state index in [0.29, 0.717) is 4.68 Å². The molecule has 0 radical (unpaired) electrons. The molecule has 164 valence electrons. The van der Waals surface area contributed by atoms with Gasteiger partial charge in [0.2, 0.25) is 0 Å². The number of methoxy groups -OCH3 is 1. The van der Waals surface area contributed by atoms with Crippen LogP contribution in [-0.2, 0) is 10.9 Å². The zero-order chi connectivity index (χ0) is 23.0. The molecule has 0 fully saturated rings. The van der Waals surface area contributed by atoms with Crippen LogP contribution in [0.25, 0.3) is 28.3 Å². The SMILES string of the molecule is COC(=O)c1c(-c2c(F)cccc2Cl)noc1-c1cnn(-c2cccnc2)c1C(F)(F)F. The second-order valence-corrected chi connectivity index (χ2v) is 6.76. The minimum atomic E-state index is -4.92. The Hall–Kier alpha value is -3.73. The van der Waals surface area contributed by atoms with Gasteiger partial charge in [-0.15, -0.1) is 0 Å². The molecule has 0 atom stereocenters. The number of carbonyl (C=O) groups is 1. The second-order valence-electron chi connectivity index (χ2n) is 6.35. The number of ether oxygens (including phenoxy) is 1. The van der Waals surface area contributed by atoms with Gasteiger partial charge in [0.15, 0.2) is 11.5 Å². The summed E-state index contributed by atoms with van der Waals surface area (Å²) in [4.78, 5) is 16.3. The second kappa shape index (κ2) is 8.08. The quantitative estimate of drug-likeness (QED) is 0.304. The van der Waals surface area contributed by atoms with Crippen LogP contribution < -0.4 is 0 Å². The molecule has 0 bridgehead atoms. The highest BCUT2D eigenvalue weighted by atomic mass is 35.5. The Morgan fingerprint density at radius 2 is 1.97 bits per heavy atom. The average molecular weight is 467 g/mol. The zero-order valence-electron chi connectivity index (χ0n) is 16.0. The number of rotatable bonds is 4. The molecule has 0 unspecified atom stereocenters. The molecule has 7 nitrogen and oxygen atoms in total. The molecule has 4 rings (SSSR count). The van der Waals surface area contributed by atoms with Gasteiger partial charge in [0.05, 0.1) is 41.3 Å². The third-order valence-electron chi connectivity index (χ3n) is 4.45. The van der Waals surface area contributed by atoms with Gasteiger partial charge < -0.3 is 9.26 Å². The highest BCUT2D eigenvalue weighted by Crippen LogP contribution is 2.43. The number of hydrogen-bond donors (Lipinski definition) is 0. The molecule has 3 heterocycles. The lowest BCUT2D eigenvalue weighted by Crippen LogP contribution is -2.15. The molecule has 4 aromatic rings. The first-order valence-corrected chi connectivity index (χ1v) is 9.20. The van der Waals surface area contributed by atoms with Gasteiger partial charge in [0.25, 0.3) is 0 Å². The van der Waals surface area contributed by atoms with Gasteiger partial charge in [-0.05, 0) is 24.3 Å². The predicted molar refractivity (Wildman–Crippen MR) is 104 cm³/mol. The fourth-order valence-electron chi connectivity index (χ4n) is 3.12. The van der Waals surface area contributed by atoms with E-state index in [9.17, 15) is 22.4 Å². The van der Waals surface area contributed by atoms with Gasteiger partial charge in [-0.25, -0.2) is 13.9 Å². The molecule has 0 spiro atoms. The summed E-state index contributed by atoms with van der Waals surface area (Å²) in [6, 6.07) is 6.50. The highest BCUT2D eigenvalue weighted by molar-refractivity contribution is 6.33. The van der Waals surface area contributed by atoms with Gasteiger partial charge in [0, 0.05) is 6.20 Å². The molecule has 0 aliphatic rings. The molecule has 0 amide bonds. The standard InChI is InChI=1S/C20H11ClF4N4O3/c1-31-19(30)15-16(14-12(21)5-2-6-13(14)22)28-32-17(15)11-9-27-29(18(11)20(23,24)25)10-4-3-7-26-8-10/h2-9H,1H3. The van der Waals surface area contributed by atoms with Crippen LogP contribution in [0.3, 0.4) is 0 Å². The Morgan fingerprint density at radius 1 is 1.19 bits per heavy atom. The van der Waals surface area contributed by atoms with Gasteiger partial charge in [0.1, 0.15) is 17.1 Å². The maximum atomic E-state index is 14.5. The number of halogens is 5. The number of esters is 1. The van der Waals surface area contributed by atoms with Gasteiger partial charge >= 0.3 is 12.1 Å². The van der Waals surface area contributed by atoms with Crippen molar-refractivity contribution in [2.24, 2.45) is 0 Å². The van der Waals surface area contributed by atoms with Crippen molar-refractivity contribution in [1.82, 2.24) is 19.9 Å². The van der Waals surface area contributed by atoms with E-state index in [1.165, 1.54) is 36.7 Å². The van der Waals surface area contributed by atoms with Crippen molar-refractivity contribution in [2.45, 2.75) is 6.18 Å². The first-order chi connectivity index (χ1) is 15.2. The van der Waals surface area contributed by atoms with E-state index >= 15 is 0 Å². The Kier molecular flexibility index (Phi) is 5.43. The molecular formula is C20H11ClF4N4O3. The molecule has 3 aromatic heterocycles. The maximum Gasteiger partial charge on any atom is 0.434 e. The number of alkyl halides is 3. The van der Waals surface area contributed by atoms with Crippen LogP contribution in [0.5, 0.6) is 0 Å². The third-order valence-corrected chi connectivity index (χ3v) is 4.77. The van der Waals surface area contributed by atoms with Crippen molar-refractivity contribution < 1.29 is 31.6 Å². The summed E-state index contributed by atoms with van der Waals surface area (Å²) in [5, 5.41) is 7.30. The summed E-state index contributed by atoms with van der Waals surface area (Å²) in [6.07, 6.45) is -1.50. The monoisotopic (exact) mass is 466 g/mol. The molecule has 1 aromatic carbocycles. The van der Waals surface area contributed by atoms with Crippen molar-refractivity contribution in [3.8, 4) is 28.3 Å². The van der Waals surface area contributed by atoms with Crippen molar-refractivity contribution in [1.29, 1.82) is 0 Å². The topological polar surface area (TPSA) is 83.0 Å². The number of nitrogens with zero attached hydrogens (tertiary/aromatic N) is 4.